The Morgan fingerprint density at radius 3 is 2.79 bits per heavy atom. The lowest BCUT2D eigenvalue weighted by Gasteiger charge is -2.16. The van der Waals surface area contributed by atoms with E-state index < -0.39 is 0 Å². The van der Waals surface area contributed by atoms with Crippen molar-refractivity contribution in [2.24, 2.45) is 5.92 Å². The average Bonchev–Trinajstić information content (AvgIpc) is 2.30. The lowest BCUT2D eigenvalue weighted by Crippen LogP contribution is -2.29. The summed E-state index contributed by atoms with van der Waals surface area (Å²) in [6, 6.07) is 0.777. The van der Waals surface area contributed by atoms with Crippen molar-refractivity contribution in [3.63, 3.8) is 0 Å². The summed E-state index contributed by atoms with van der Waals surface area (Å²) in [6.07, 6.45) is 8.12. The molecule has 82 valence electrons. The molecule has 2 unspecified atom stereocenters. The molecule has 1 aliphatic rings. The van der Waals surface area contributed by atoms with E-state index in [9.17, 15) is 0 Å². The van der Waals surface area contributed by atoms with E-state index in [1.54, 1.807) is 0 Å². The van der Waals surface area contributed by atoms with E-state index in [-0.39, 0.29) is 0 Å². The van der Waals surface area contributed by atoms with E-state index in [0.717, 1.165) is 24.9 Å². The Balaban J connectivity index is 2.14. The Morgan fingerprint density at radius 1 is 1.29 bits per heavy atom. The maximum atomic E-state index is 3.93. The molecule has 1 rings (SSSR count). The van der Waals surface area contributed by atoms with E-state index in [2.05, 4.69) is 25.7 Å². The summed E-state index contributed by atoms with van der Waals surface area (Å²) in [5.74, 6) is 0.947. The summed E-state index contributed by atoms with van der Waals surface area (Å²) in [5, 5.41) is 3.65. The molecular formula is C13H25N. The highest BCUT2D eigenvalue weighted by atomic mass is 14.9. The summed E-state index contributed by atoms with van der Waals surface area (Å²) >= 11 is 0. The highest BCUT2D eigenvalue weighted by Crippen LogP contribution is 2.22. The normalized spacial score (nSPS) is 28.4. The molecule has 0 amide bonds. The second-order valence-electron chi connectivity index (χ2n) is 4.97. The van der Waals surface area contributed by atoms with Crippen LogP contribution in [0.15, 0.2) is 12.2 Å². The van der Waals surface area contributed by atoms with Gasteiger partial charge in [-0.3, -0.25) is 0 Å². The molecule has 1 fully saturated rings. The summed E-state index contributed by atoms with van der Waals surface area (Å²) in [6.45, 7) is 9.54. The van der Waals surface area contributed by atoms with Gasteiger partial charge < -0.3 is 5.32 Å². The van der Waals surface area contributed by atoms with Gasteiger partial charge in [-0.1, -0.05) is 25.3 Å². The second-order valence-corrected chi connectivity index (χ2v) is 4.97. The predicted octanol–water partition coefficient (Wildman–Crippen LogP) is 3.51. The SMILES string of the molecule is C=C(C)CCNC1CCCC(C)CC1. The van der Waals surface area contributed by atoms with Crippen molar-refractivity contribution in [3.8, 4) is 0 Å². The molecule has 0 heterocycles. The van der Waals surface area contributed by atoms with E-state index >= 15 is 0 Å². The third-order valence-corrected chi connectivity index (χ3v) is 3.24. The number of rotatable bonds is 4. The monoisotopic (exact) mass is 195 g/mol. The van der Waals surface area contributed by atoms with Crippen LogP contribution in [0, 0.1) is 5.92 Å². The molecule has 1 aliphatic carbocycles. The molecule has 0 saturated heterocycles. The third kappa shape index (κ3) is 4.80. The van der Waals surface area contributed by atoms with Crippen LogP contribution in [0.3, 0.4) is 0 Å². The number of hydrogen-bond acceptors (Lipinski definition) is 1. The van der Waals surface area contributed by atoms with Crippen LogP contribution < -0.4 is 5.32 Å². The molecule has 0 aromatic heterocycles. The average molecular weight is 195 g/mol. The molecule has 0 aromatic rings. The molecule has 1 nitrogen and oxygen atoms in total. The maximum absolute atomic E-state index is 3.93. The molecule has 1 heteroatoms. The minimum absolute atomic E-state index is 0.777. The Hall–Kier alpha value is -0.300. The number of hydrogen-bond donors (Lipinski definition) is 1. The quantitative estimate of drug-likeness (QED) is 0.534. The number of nitrogens with one attached hydrogen (secondary N) is 1. The first kappa shape index (κ1) is 11.8. The first-order valence-electron chi connectivity index (χ1n) is 6.06. The standard InChI is InChI=1S/C13H25N/c1-11(2)9-10-14-13-6-4-5-12(3)7-8-13/h12-14H,1,4-10H2,2-3H3. The van der Waals surface area contributed by atoms with Gasteiger partial charge in [0.25, 0.3) is 0 Å². The van der Waals surface area contributed by atoms with Crippen molar-refractivity contribution < 1.29 is 0 Å². The van der Waals surface area contributed by atoms with Gasteiger partial charge >= 0.3 is 0 Å². The van der Waals surface area contributed by atoms with Crippen LogP contribution in [0.2, 0.25) is 0 Å². The van der Waals surface area contributed by atoms with Crippen LogP contribution in [-0.2, 0) is 0 Å². The van der Waals surface area contributed by atoms with E-state index in [0.29, 0.717) is 0 Å². The van der Waals surface area contributed by atoms with Crippen LogP contribution >= 0.6 is 0 Å². The minimum Gasteiger partial charge on any atom is -0.314 e. The second kappa shape index (κ2) is 6.23. The van der Waals surface area contributed by atoms with E-state index in [1.165, 1.54) is 37.7 Å². The van der Waals surface area contributed by atoms with E-state index in [4.69, 9.17) is 0 Å². The summed E-state index contributed by atoms with van der Waals surface area (Å²) in [7, 11) is 0. The van der Waals surface area contributed by atoms with Crippen molar-refractivity contribution in [2.45, 2.75) is 58.4 Å². The van der Waals surface area contributed by atoms with Crippen molar-refractivity contribution >= 4 is 0 Å². The Bertz CT molecular complexity index is 174. The van der Waals surface area contributed by atoms with E-state index in [1.807, 2.05) is 0 Å². The Kier molecular flexibility index (Phi) is 5.24. The van der Waals surface area contributed by atoms with Crippen molar-refractivity contribution in [1.29, 1.82) is 0 Å². The first-order chi connectivity index (χ1) is 6.68. The van der Waals surface area contributed by atoms with Crippen LogP contribution in [0.1, 0.15) is 52.4 Å². The highest BCUT2D eigenvalue weighted by Gasteiger charge is 2.14. The molecular weight excluding hydrogens is 170 g/mol. The zero-order valence-corrected chi connectivity index (χ0v) is 9.81. The molecule has 2 atom stereocenters. The van der Waals surface area contributed by atoms with Gasteiger partial charge in [0.2, 0.25) is 0 Å². The molecule has 0 radical (unpaired) electrons. The van der Waals surface area contributed by atoms with Gasteiger partial charge in [-0.05, 0) is 45.1 Å². The summed E-state index contributed by atoms with van der Waals surface area (Å²) < 4.78 is 0. The van der Waals surface area contributed by atoms with Crippen molar-refractivity contribution in [1.82, 2.24) is 5.32 Å². The molecule has 0 aromatic carbocycles. The van der Waals surface area contributed by atoms with Gasteiger partial charge in [0, 0.05) is 6.04 Å². The first-order valence-corrected chi connectivity index (χ1v) is 6.06. The smallest absolute Gasteiger partial charge is 0.00672 e. The van der Waals surface area contributed by atoms with Crippen molar-refractivity contribution in [3.05, 3.63) is 12.2 Å². The van der Waals surface area contributed by atoms with Gasteiger partial charge in [-0.25, -0.2) is 0 Å². The van der Waals surface area contributed by atoms with Gasteiger partial charge in [-0.2, -0.15) is 0 Å². The lowest BCUT2D eigenvalue weighted by molar-refractivity contribution is 0.450. The fourth-order valence-electron chi connectivity index (χ4n) is 2.18. The molecule has 0 spiro atoms. The largest absolute Gasteiger partial charge is 0.314 e. The van der Waals surface area contributed by atoms with Gasteiger partial charge in [0.05, 0.1) is 0 Å². The van der Waals surface area contributed by atoms with Crippen LogP contribution in [0.4, 0.5) is 0 Å². The lowest BCUT2D eigenvalue weighted by atomic mass is 10.0. The van der Waals surface area contributed by atoms with Gasteiger partial charge in [-0.15, -0.1) is 6.58 Å². The molecule has 0 bridgehead atoms. The fourth-order valence-corrected chi connectivity index (χ4v) is 2.18. The van der Waals surface area contributed by atoms with Crippen LogP contribution in [0.5, 0.6) is 0 Å². The maximum Gasteiger partial charge on any atom is 0.00672 e. The third-order valence-electron chi connectivity index (χ3n) is 3.24. The molecule has 1 saturated carbocycles. The molecule has 1 N–H and O–H groups in total. The fraction of sp³-hybridized carbons (Fsp3) is 0.846. The van der Waals surface area contributed by atoms with Crippen LogP contribution in [0.25, 0.3) is 0 Å². The zero-order valence-electron chi connectivity index (χ0n) is 9.81. The summed E-state index contributed by atoms with van der Waals surface area (Å²) in [4.78, 5) is 0. The Labute approximate surface area is 89.0 Å². The predicted molar refractivity (Wildman–Crippen MR) is 63.5 cm³/mol. The molecule has 14 heavy (non-hydrogen) atoms. The van der Waals surface area contributed by atoms with Crippen LogP contribution in [-0.4, -0.2) is 12.6 Å². The van der Waals surface area contributed by atoms with Gasteiger partial charge in [0.15, 0.2) is 0 Å². The Morgan fingerprint density at radius 2 is 2.07 bits per heavy atom. The minimum atomic E-state index is 0.777. The highest BCUT2D eigenvalue weighted by molar-refractivity contribution is 4.88. The van der Waals surface area contributed by atoms with Crippen molar-refractivity contribution in [2.75, 3.05) is 6.54 Å². The van der Waals surface area contributed by atoms with Gasteiger partial charge in [0.1, 0.15) is 0 Å². The topological polar surface area (TPSA) is 12.0 Å². The zero-order chi connectivity index (χ0) is 10.4. The summed E-state index contributed by atoms with van der Waals surface area (Å²) in [5.41, 5.74) is 1.29. The molecule has 0 aliphatic heterocycles.